The van der Waals surface area contributed by atoms with Crippen molar-refractivity contribution in [3.8, 4) is 0 Å². The molecule has 0 unspecified atom stereocenters. The average molecular weight is 269 g/mol. The highest BCUT2D eigenvalue weighted by Gasteiger charge is 2.00. The predicted molar refractivity (Wildman–Crippen MR) is 79.9 cm³/mol. The first-order valence-corrected chi connectivity index (χ1v) is 7.23. The minimum absolute atomic E-state index is 0.807. The van der Waals surface area contributed by atoms with Crippen LogP contribution in [0.2, 0.25) is 5.02 Å². The number of hydrogen-bond acceptors (Lipinski definition) is 2. The van der Waals surface area contributed by atoms with Crippen LogP contribution in [-0.4, -0.2) is 25.0 Å². The Morgan fingerprint density at radius 2 is 1.61 bits per heavy atom. The van der Waals surface area contributed by atoms with Gasteiger partial charge in [0, 0.05) is 11.6 Å². The van der Waals surface area contributed by atoms with Gasteiger partial charge in [0.15, 0.2) is 0 Å². The maximum absolute atomic E-state index is 5.87. The normalized spacial score (nSPS) is 11.1. The minimum atomic E-state index is 0.807. The third-order valence-corrected chi connectivity index (χ3v) is 3.36. The van der Waals surface area contributed by atoms with Crippen molar-refractivity contribution in [3.63, 3.8) is 0 Å². The van der Waals surface area contributed by atoms with Crippen molar-refractivity contribution in [3.05, 3.63) is 34.9 Å². The second kappa shape index (κ2) is 9.37. The summed E-state index contributed by atoms with van der Waals surface area (Å²) in [6, 6.07) is 8.11. The SMILES string of the molecule is CN(CCCCCCCN)Cc1ccc(Cl)cc1. The van der Waals surface area contributed by atoms with Crippen LogP contribution in [-0.2, 0) is 6.54 Å². The molecule has 0 saturated heterocycles. The first kappa shape index (κ1) is 15.5. The lowest BCUT2D eigenvalue weighted by Gasteiger charge is -2.16. The lowest BCUT2D eigenvalue weighted by molar-refractivity contribution is 0.316. The molecule has 102 valence electrons. The van der Waals surface area contributed by atoms with Gasteiger partial charge in [-0.2, -0.15) is 0 Å². The van der Waals surface area contributed by atoms with Crippen LogP contribution < -0.4 is 5.73 Å². The largest absolute Gasteiger partial charge is 0.330 e. The zero-order valence-electron chi connectivity index (χ0n) is 11.4. The van der Waals surface area contributed by atoms with E-state index in [1.54, 1.807) is 0 Å². The van der Waals surface area contributed by atoms with E-state index in [0.29, 0.717) is 0 Å². The lowest BCUT2D eigenvalue weighted by atomic mass is 10.1. The van der Waals surface area contributed by atoms with E-state index in [1.165, 1.54) is 37.7 Å². The number of hydrogen-bond donors (Lipinski definition) is 1. The topological polar surface area (TPSA) is 29.3 Å². The summed E-state index contributed by atoms with van der Waals surface area (Å²) in [6.45, 7) is 2.99. The van der Waals surface area contributed by atoms with Gasteiger partial charge < -0.3 is 10.6 Å². The summed E-state index contributed by atoms with van der Waals surface area (Å²) >= 11 is 5.87. The highest BCUT2D eigenvalue weighted by atomic mass is 35.5. The molecule has 0 heterocycles. The van der Waals surface area contributed by atoms with Gasteiger partial charge in [0.1, 0.15) is 0 Å². The molecule has 2 nitrogen and oxygen atoms in total. The molecule has 0 aromatic heterocycles. The maximum Gasteiger partial charge on any atom is 0.0406 e. The molecule has 1 aromatic rings. The molecule has 0 bridgehead atoms. The van der Waals surface area contributed by atoms with Crippen molar-refractivity contribution in [2.45, 2.75) is 38.6 Å². The molecule has 1 rings (SSSR count). The molecule has 0 atom stereocenters. The second-order valence-corrected chi connectivity index (χ2v) is 5.36. The van der Waals surface area contributed by atoms with Crippen LogP contribution >= 0.6 is 11.6 Å². The van der Waals surface area contributed by atoms with Gasteiger partial charge >= 0.3 is 0 Å². The van der Waals surface area contributed by atoms with Crippen molar-refractivity contribution in [1.82, 2.24) is 4.90 Å². The highest BCUT2D eigenvalue weighted by molar-refractivity contribution is 6.30. The van der Waals surface area contributed by atoms with Gasteiger partial charge in [0.25, 0.3) is 0 Å². The van der Waals surface area contributed by atoms with Crippen LogP contribution in [0.15, 0.2) is 24.3 Å². The molecular weight excluding hydrogens is 244 g/mol. The zero-order chi connectivity index (χ0) is 13.2. The maximum atomic E-state index is 5.87. The van der Waals surface area contributed by atoms with E-state index < -0.39 is 0 Å². The fourth-order valence-electron chi connectivity index (χ4n) is 2.04. The molecule has 2 N–H and O–H groups in total. The summed E-state index contributed by atoms with van der Waals surface area (Å²) in [4.78, 5) is 2.37. The van der Waals surface area contributed by atoms with Crippen molar-refractivity contribution in [2.24, 2.45) is 5.73 Å². The Morgan fingerprint density at radius 1 is 1.00 bits per heavy atom. The van der Waals surface area contributed by atoms with Crippen molar-refractivity contribution < 1.29 is 0 Å². The van der Waals surface area contributed by atoms with Crippen LogP contribution in [0.4, 0.5) is 0 Å². The number of halogens is 1. The molecule has 0 fully saturated rings. The van der Waals surface area contributed by atoms with Gasteiger partial charge in [-0.15, -0.1) is 0 Å². The van der Waals surface area contributed by atoms with Gasteiger partial charge in [-0.1, -0.05) is 43.0 Å². The van der Waals surface area contributed by atoms with Crippen molar-refractivity contribution in [2.75, 3.05) is 20.1 Å². The quantitative estimate of drug-likeness (QED) is 0.693. The standard InChI is InChI=1S/C15H25ClN2/c1-18(12-6-4-2-3-5-11-17)13-14-7-9-15(16)10-8-14/h7-10H,2-6,11-13,17H2,1H3. The average Bonchev–Trinajstić information content (AvgIpc) is 2.36. The number of benzene rings is 1. The van der Waals surface area contributed by atoms with Gasteiger partial charge in [0.05, 0.1) is 0 Å². The second-order valence-electron chi connectivity index (χ2n) is 4.92. The number of rotatable bonds is 9. The third-order valence-electron chi connectivity index (χ3n) is 3.11. The third kappa shape index (κ3) is 7.00. The number of nitrogens with two attached hydrogens (primary N) is 1. The summed E-state index contributed by atoms with van der Waals surface area (Å²) in [5.74, 6) is 0. The zero-order valence-corrected chi connectivity index (χ0v) is 12.1. The molecule has 0 radical (unpaired) electrons. The Bertz CT molecular complexity index is 311. The first-order valence-electron chi connectivity index (χ1n) is 6.85. The van der Waals surface area contributed by atoms with Crippen LogP contribution in [0.5, 0.6) is 0 Å². The minimum Gasteiger partial charge on any atom is -0.330 e. The molecule has 0 aliphatic rings. The smallest absolute Gasteiger partial charge is 0.0406 e. The van der Waals surface area contributed by atoms with Gasteiger partial charge in [0.2, 0.25) is 0 Å². The Hall–Kier alpha value is -0.570. The lowest BCUT2D eigenvalue weighted by Crippen LogP contribution is -2.19. The summed E-state index contributed by atoms with van der Waals surface area (Å²) in [5.41, 5.74) is 6.79. The van der Waals surface area contributed by atoms with Crippen LogP contribution in [0.25, 0.3) is 0 Å². The van der Waals surface area contributed by atoms with Crippen molar-refractivity contribution in [1.29, 1.82) is 0 Å². The van der Waals surface area contributed by atoms with Gasteiger partial charge in [-0.25, -0.2) is 0 Å². The summed E-state index contributed by atoms with van der Waals surface area (Å²) in [7, 11) is 2.18. The monoisotopic (exact) mass is 268 g/mol. The van der Waals surface area contributed by atoms with E-state index in [1.807, 2.05) is 12.1 Å². The van der Waals surface area contributed by atoms with E-state index in [0.717, 1.165) is 24.7 Å². The summed E-state index contributed by atoms with van der Waals surface area (Å²) in [5, 5.41) is 0.807. The van der Waals surface area contributed by atoms with E-state index in [-0.39, 0.29) is 0 Å². The Morgan fingerprint density at radius 3 is 2.28 bits per heavy atom. The molecular formula is C15H25ClN2. The molecule has 0 saturated carbocycles. The van der Waals surface area contributed by atoms with Gasteiger partial charge in [-0.05, 0) is 50.7 Å². The fraction of sp³-hybridized carbons (Fsp3) is 0.600. The molecule has 3 heteroatoms. The van der Waals surface area contributed by atoms with Crippen molar-refractivity contribution >= 4 is 11.6 Å². The van der Waals surface area contributed by atoms with Crippen LogP contribution in [0.1, 0.15) is 37.7 Å². The van der Waals surface area contributed by atoms with E-state index in [9.17, 15) is 0 Å². The molecule has 0 aliphatic carbocycles. The molecule has 18 heavy (non-hydrogen) atoms. The van der Waals surface area contributed by atoms with E-state index >= 15 is 0 Å². The number of unbranched alkanes of at least 4 members (excludes halogenated alkanes) is 4. The van der Waals surface area contributed by atoms with Crippen LogP contribution in [0.3, 0.4) is 0 Å². The molecule has 0 amide bonds. The number of nitrogens with zero attached hydrogens (tertiary/aromatic N) is 1. The van der Waals surface area contributed by atoms with Gasteiger partial charge in [-0.3, -0.25) is 0 Å². The highest BCUT2D eigenvalue weighted by Crippen LogP contribution is 2.11. The molecule has 0 spiro atoms. The van der Waals surface area contributed by atoms with E-state index in [2.05, 4.69) is 24.1 Å². The first-order chi connectivity index (χ1) is 8.72. The van der Waals surface area contributed by atoms with E-state index in [4.69, 9.17) is 17.3 Å². The van der Waals surface area contributed by atoms with Crippen LogP contribution in [0, 0.1) is 0 Å². The summed E-state index contributed by atoms with van der Waals surface area (Å²) in [6.07, 6.45) is 6.34. The Kier molecular flexibility index (Phi) is 8.06. The fourth-order valence-corrected chi connectivity index (χ4v) is 2.16. The molecule has 0 aliphatic heterocycles. The molecule has 1 aromatic carbocycles. The predicted octanol–water partition coefficient (Wildman–Crippen LogP) is 3.68. The Labute approximate surface area is 116 Å². The Balaban J connectivity index is 2.10. The summed E-state index contributed by atoms with van der Waals surface area (Å²) < 4.78 is 0.